The van der Waals surface area contributed by atoms with Crippen LogP contribution in [0.3, 0.4) is 0 Å². The van der Waals surface area contributed by atoms with Gasteiger partial charge in [-0.3, -0.25) is 14.9 Å². The number of ether oxygens (including phenoxy) is 2. The number of benzene rings is 3. The molecule has 0 unspecified atom stereocenters. The zero-order valence-corrected chi connectivity index (χ0v) is 18.2. The molecule has 0 bridgehead atoms. The van der Waals surface area contributed by atoms with Gasteiger partial charge in [0, 0.05) is 36.0 Å². The molecule has 0 aliphatic heterocycles. The van der Waals surface area contributed by atoms with Crippen LogP contribution >= 0.6 is 0 Å². The Labute approximate surface area is 186 Å². The van der Waals surface area contributed by atoms with Gasteiger partial charge >= 0.3 is 0 Å². The minimum Gasteiger partial charge on any atom is -0.493 e. The summed E-state index contributed by atoms with van der Waals surface area (Å²) in [5.74, 6) is 0.858. The summed E-state index contributed by atoms with van der Waals surface area (Å²) < 4.78 is 11.1. The highest BCUT2D eigenvalue weighted by molar-refractivity contribution is 6.04. The van der Waals surface area contributed by atoms with E-state index in [-0.39, 0.29) is 11.6 Å². The molecule has 0 heterocycles. The van der Waals surface area contributed by atoms with Gasteiger partial charge in [0.05, 0.1) is 12.0 Å². The largest absolute Gasteiger partial charge is 0.493 e. The van der Waals surface area contributed by atoms with E-state index in [1.807, 2.05) is 19.0 Å². The van der Waals surface area contributed by atoms with Crippen LogP contribution in [-0.2, 0) is 0 Å². The zero-order valence-electron chi connectivity index (χ0n) is 18.2. The number of carbonyl (C=O) groups excluding carboxylic acids is 1. The maximum absolute atomic E-state index is 12.7. The number of hydrogen-bond acceptors (Lipinski definition) is 6. The van der Waals surface area contributed by atoms with Gasteiger partial charge in [-0.05, 0) is 49.5 Å². The van der Waals surface area contributed by atoms with Crippen molar-refractivity contribution in [2.45, 2.75) is 0 Å². The molecule has 166 valence electrons. The number of nitro benzene ring substituents is 1. The van der Waals surface area contributed by atoms with Crippen LogP contribution in [0, 0.1) is 10.1 Å². The summed E-state index contributed by atoms with van der Waals surface area (Å²) in [5, 5.41) is 13.8. The van der Waals surface area contributed by atoms with Crippen LogP contribution in [-0.4, -0.2) is 50.1 Å². The number of nitrogens with zero attached hydrogens (tertiary/aromatic N) is 2. The molecule has 3 rings (SSSR count). The summed E-state index contributed by atoms with van der Waals surface area (Å²) in [6.45, 7) is 1.23. The predicted molar refractivity (Wildman–Crippen MR) is 124 cm³/mol. The van der Waals surface area contributed by atoms with Crippen LogP contribution in [0.1, 0.15) is 10.4 Å². The maximum Gasteiger partial charge on any atom is 0.270 e. The Morgan fingerprint density at radius 1 is 1.00 bits per heavy atom. The zero-order chi connectivity index (χ0) is 23.1. The molecule has 8 heteroatoms. The van der Waals surface area contributed by atoms with Crippen LogP contribution < -0.4 is 14.8 Å². The number of non-ortho nitro benzene ring substituents is 1. The third-order valence-corrected chi connectivity index (χ3v) is 4.75. The lowest BCUT2D eigenvalue weighted by atomic mass is 10.0. The van der Waals surface area contributed by atoms with Crippen molar-refractivity contribution in [2.24, 2.45) is 0 Å². The van der Waals surface area contributed by atoms with Gasteiger partial charge < -0.3 is 19.7 Å². The second-order valence-electron chi connectivity index (χ2n) is 7.36. The predicted octanol–water partition coefficient (Wildman–Crippen LogP) is 4.46. The van der Waals surface area contributed by atoms with Crippen LogP contribution in [0.2, 0.25) is 0 Å². The first-order valence-electron chi connectivity index (χ1n) is 9.99. The molecule has 0 aliphatic carbocycles. The standard InChI is InChI=1S/C24H25N3O5/c1-26(2)13-14-32-23-16-20(11-12-22(23)31-3)25-24(28)18-9-7-17(8-10-18)19-5-4-6-21(15-19)27(29)30/h4-12,15-16H,13-14H2,1-3H3,(H,25,28). The number of methoxy groups -OCH3 is 1. The lowest BCUT2D eigenvalue weighted by Gasteiger charge is -2.15. The molecule has 1 N–H and O–H groups in total. The average Bonchev–Trinajstić information content (AvgIpc) is 2.79. The van der Waals surface area contributed by atoms with Gasteiger partial charge in [-0.1, -0.05) is 24.3 Å². The van der Waals surface area contributed by atoms with E-state index in [4.69, 9.17) is 9.47 Å². The first-order valence-corrected chi connectivity index (χ1v) is 9.99. The molecular weight excluding hydrogens is 410 g/mol. The summed E-state index contributed by atoms with van der Waals surface area (Å²) in [4.78, 5) is 25.3. The quantitative estimate of drug-likeness (QED) is 0.394. The van der Waals surface area contributed by atoms with E-state index in [0.29, 0.717) is 34.9 Å². The van der Waals surface area contributed by atoms with Gasteiger partial charge in [0.1, 0.15) is 6.61 Å². The number of nitro groups is 1. The smallest absolute Gasteiger partial charge is 0.270 e. The third kappa shape index (κ3) is 5.83. The highest BCUT2D eigenvalue weighted by atomic mass is 16.6. The maximum atomic E-state index is 12.7. The number of anilines is 1. The first kappa shape index (κ1) is 22.8. The van der Waals surface area contributed by atoms with E-state index in [2.05, 4.69) is 5.32 Å². The van der Waals surface area contributed by atoms with Gasteiger partial charge in [-0.2, -0.15) is 0 Å². The Morgan fingerprint density at radius 2 is 1.75 bits per heavy atom. The second-order valence-corrected chi connectivity index (χ2v) is 7.36. The van der Waals surface area contributed by atoms with Crippen LogP contribution in [0.5, 0.6) is 11.5 Å². The summed E-state index contributed by atoms with van der Waals surface area (Å²) in [6.07, 6.45) is 0. The fourth-order valence-corrected chi connectivity index (χ4v) is 3.02. The molecule has 0 saturated carbocycles. The number of amides is 1. The summed E-state index contributed by atoms with van der Waals surface area (Å²) >= 11 is 0. The van der Waals surface area contributed by atoms with Gasteiger partial charge in [0.2, 0.25) is 0 Å². The topological polar surface area (TPSA) is 93.9 Å². The number of hydrogen-bond donors (Lipinski definition) is 1. The molecule has 32 heavy (non-hydrogen) atoms. The van der Waals surface area contributed by atoms with Crippen molar-refractivity contribution >= 4 is 17.3 Å². The van der Waals surface area contributed by atoms with Crippen molar-refractivity contribution in [3.63, 3.8) is 0 Å². The Kier molecular flexibility index (Phi) is 7.41. The van der Waals surface area contributed by atoms with E-state index in [1.54, 1.807) is 61.7 Å². The van der Waals surface area contributed by atoms with Crippen molar-refractivity contribution in [3.05, 3.63) is 82.4 Å². The van der Waals surface area contributed by atoms with E-state index < -0.39 is 4.92 Å². The van der Waals surface area contributed by atoms with E-state index in [1.165, 1.54) is 12.1 Å². The number of rotatable bonds is 9. The fraction of sp³-hybridized carbons (Fsp3) is 0.208. The summed E-state index contributed by atoms with van der Waals surface area (Å²) in [7, 11) is 5.48. The van der Waals surface area contributed by atoms with Crippen molar-refractivity contribution in [1.29, 1.82) is 0 Å². The van der Waals surface area contributed by atoms with Crippen LogP contribution in [0.25, 0.3) is 11.1 Å². The molecule has 0 aromatic heterocycles. The molecule has 0 atom stereocenters. The van der Waals surface area contributed by atoms with Crippen LogP contribution in [0.15, 0.2) is 66.7 Å². The summed E-state index contributed by atoms with van der Waals surface area (Å²) in [6, 6.07) is 18.5. The second kappa shape index (κ2) is 10.4. The van der Waals surface area contributed by atoms with Crippen molar-refractivity contribution in [2.75, 3.05) is 39.7 Å². The minimum absolute atomic E-state index is 0.0208. The van der Waals surface area contributed by atoms with Crippen molar-refractivity contribution < 1.29 is 19.2 Å². The van der Waals surface area contributed by atoms with Crippen molar-refractivity contribution in [1.82, 2.24) is 4.90 Å². The molecule has 8 nitrogen and oxygen atoms in total. The molecule has 0 aliphatic rings. The van der Waals surface area contributed by atoms with E-state index in [0.717, 1.165) is 12.1 Å². The fourth-order valence-electron chi connectivity index (χ4n) is 3.02. The highest BCUT2D eigenvalue weighted by Gasteiger charge is 2.12. The SMILES string of the molecule is COc1ccc(NC(=O)c2ccc(-c3cccc([N+](=O)[O-])c3)cc2)cc1OCCN(C)C. The Hall–Kier alpha value is -3.91. The Morgan fingerprint density at radius 3 is 2.41 bits per heavy atom. The van der Waals surface area contributed by atoms with Gasteiger partial charge in [0.15, 0.2) is 11.5 Å². The van der Waals surface area contributed by atoms with Gasteiger partial charge in [-0.25, -0.2) is 0 Å². The Bertz CT molecular complexity index is 1100. The average molecular weight is 435 g/mol. The van der Waals surface area contributed by atoms with Crippen LogP contribution in [0.4, 0.5) is 11.4 Å². The molecule has 0 saturated heterocycles. The molecular formula is C24H25N3O5. The Balaban J connectivity index is 1.72. The first-order chi connectivity index (χ1) is 15.4. The molecule has 0 fully saturated rings. The van der Waals surface area contributed by atoms with E-state index >= 15 is 0 Å². The van der Waals surface area contributed by atoms with Crippen molar-refractivity contribution in [3.8, 4) is 22.6 Å². The molecule has 0 spiro atoms. The monoisotopic (exact) mass is 435 g/mol. The lowest BCUT2D eigenvalue weighted by molar-refractivity contribution is -0.384. The molecule has 0 radical (unpaired) electrons. The summed E-state index contributed by atoms with van der Waals surface area (Å²) in [5.41, 5.74) is 2.56. The highest BCUT2D eigenvalue weighted by Crippen LogP contribution is 2.30. The third-order valence-electron chi connectivity index (χ3n) is 4.75. The normalized spacial score (nSPS) is 10.6. The molecule has 3 aromatic carbocycles. The number of nitrogens with one attached hydrogen (secondary N) is 1. The van der Waals surface area contributed by atoms with E-state index in [9.17, 15) is 14.9 Å². The minimum atomic E-state index is -0.432. The lowest BCUT2D eigenvalue weighted by Crippen LogP contribution is -2.19. The number of carbonyl (C=O) groups is 1. The van der Waals surface area contributed by atoms with Gasteiger partial charge in [0.25, 0.3) is 11.6 Å². The molecule has 3 aromatic rings. The number of likely N-dealkylation sites (N-methyl/N-ethyl adjacent to an activating group) is 1. The van der Waals surface area contributed by atoms with Gasteiger partial charge in [-0.15, -0.1) is 0 Å². The molecule has 1 amide bonds.